The van der Waals surface area contributed by atoms with Crippen molar-refractivity contribution in [1.82, 2.24) is 10.2 Å². The maximum absolute atomic E-state index is 12.3. The molecular weight excluding hydrogens is 398 g/mol. The van der Waals surface area contributed by atoms with E-state index in [1.807, 2.05) is 32.0 Å². The van der Waals surface area contributed by atoms with Crippen molar-refractivity contribution in [3.05, 3.63) is 29.3 Å². The van der Waals surface area contributed by atoms with Crippen molar-refractivity contribution >= 4 is 21.6 Å². The van der Waals surface area contributed by atoms with Crippen molar-refractivity contribution in [2.24, 2.45) is 0 Å². The summed E-state index contributed by atoms with van der Waals surface area (Å²) in [7, 11) is -3.39. The third-order valence-electron chi connectivity index (χ3n) is 5.82. The van der Waals surface area contributed by atoms with Gasteiger partial charge in [-0.1, -0.05) is 19.4 Å². The molecule has 6 nitrogen and oxygen atoms in total. The number of nitrogens with one attached hydrogen (secondary N) is 1. The standard InChI is InChI=1S/C23H39N3O3S/c1-5-21-10-6-7-13-25(21)14-9-12-24-23(27)11-8-15-26(30(4,28)29)22-17-19(2)16-20(3)18-22/h16-18,21H,5-15H2,1-4H3,(H,24,27)/t21-/m0/s1. The fourth-order valence-electron chi connectivity index (χ4n) is 4.38. The van der Waals surface area contributed by atoms with Gasteiger partial charge in [-0.3, -0.25) is 9.10 Å². The molecule has 1 aromatic rings. The van der Waals surface area contributed by atoms with Crippen LogP contribution < -0.4 is 9.62 Å². The number of nitrogens with zero attached hydrogens (tertiary/aromatic N) is 2. The summed E-state index contributed by atoms with van der Waals surface area (Å²) in [5.41, 5.74) is 2.72. The minimum Gasteiger partial charge on any atom is -0.356 e. The van der Waals surface area contributed by atoms with Gasteiger partial charge in [0, 0.05) is 32.1 Å². The van der Waals surface area contributed by atoms with Crippen molar-refractivity contribution in [3.8, 4) is 0 Å². The van der Waals surface area contributed by atoms with Crippen LogP contribution in [0.25, 0.3) is 0 Å². The molecule has 0 spiro atoms. The molecule has 1 atom stereocenters. The Morgan fingerprint density at radius 3 is 2.50 bits per heavy atom. The number of carbonyl (C=O) groups is 1. The zero-order chi connectivity index (χ0) is 22.1. The van der Waals surface area contributed by atoms with E-state index < -0.39 is 10.0 Å². The molecule has 1 heterocycles. The predicted octanol–water partition coefficient (Wildman–Crippen LogP) is 3.62. The van der Waals surface area contributed by atoms with E-state index in [-0.39, 0.29) is 5.91 Å². The Morgan fingerprint density at radius 1 is 1.17 bits per heavy atom. The lowest BCUT2D eigenvalue weighted by Crippen LogP contribution is -2.40. The minimum absolute atomic E-state index is 0.00504. The summed E-state index contributed by atoms with van der Waals surface area (Å²) in [6, 6.07) is 6.46. The van der Waals surface area contributed by atoms with Gasteiger partial charge in [-0.05, 0) is 75.8 Å². The number of hydrogen-bond donors (Lipinski definition) is 1. The maximum atomic E-state index is 12.3. The highest BCUT2D eigenvalue weighted by atomic mass is 32.2. The number of hydrogen-bond acceptors (Lipinski definition) is 4. The first-order chi connectivity index (χ1) is 14.2. The minimum atomic E-state index is -3.39. The SMILES string of the molecule is CC[C@H]1CCCCN1CCCNC(=O)CCCN(c1cc(C)cc(C)c1)S(C)(=O)=O. The first-order valence-electron chi connectivity index (χ1n) is 11.3. The molecule has 0 radical (unpaired) electrons. The Balaban J connectivity index is 1.75. The number of carbonyl (C=O) groups excluding carboxylic acids is 1. The highest BCUT2D eigenvalue weighted by Gasteiger charge is 2.20. The molecule has 170 valence electrons. The molecule has 1 aliphatic heterocycles. The second kappa shape index (κ2) is 11.7. The topological polar surface area (TPSA) is 69.7 Å². The lowest BCUT2D eigenvalue weighted by molar-refractivity contribution is -0.121. The molecule has 30 heavy (non-hydrogen) atoms. The Morgan fingerprint density at radius 2 is 1.87 bits per heavy atom. The number of likely N-dealkylation sites (tertiary alicyclic amines) is 1. The van der Waals surface area contributed by atoms with Crippen molar-refractivity contribution in [2.75, 3.05) is 36.7 Å². The van der Waals surface area contributed by atoms with Crippen LogP contribution in [0.5, 0.6) is 0 Å². The van der Waals surface area contributed by atoms with Crippen LogP contribution >= 0.6 is 0 Å². The first kappa shape index (κ1) is 24.7. The van der Waals surface area contributed by atoms with E-state index in [0.29, 0.717) is 37.7 Å². The molecule has 0 bridgehead atoms. The third-order valence-corrected chi connectivity index (χ3v) is 7.02. The number of piperidine rings is 1. The van der Waals surface area contributed by atoms with Crippen molar-refractivity contribution in [2.45, 2.75) is 71.8 Å². The van der Waals surface area contributed by atoms with E-state index in [1.54, 1.807) is 0 Å². The molecule has 0 aromatic heterocycles. The summed E-state index contributed by atoms with van der Waals surface area (Å²) in [5.74, 6) is -0.00504. The van der Waals surface area contributed by atoms with Crippen molar-refractivity contribution < 1.29 is 13.2 Å². The average molecular weight is 438 g/mol. The van der Waals surface area contributed by atoms with E-state index >= 15 is 0 Å². The van der Waals surface area contributed by atoms with Crippen LogP contribution in [-0.2, 0) is 14.8 Å². The highest BCUT2D eigenvalue weighted by Crippen LogP contribution is 2.22. The molecule has 7 heteroatoms. The molecule has 0 saturated carbocycles. The van der Waals surface area contributed by atoms with Gasteiger partial charge in [0.2, 0.25) is 15.9 Å². The van der Waals surface area contributed by atoms with Crippen LogP contribution in [0.15, 0.2) is 18.2 Å². The van der Waals surface area contributed by atoms with E-state index in [4.69, 9.17) is 0 Å². The third kappa shape index (κ3) is 7.91. The Labute approximate surface area is 183 Å². The monoisotopic (exact) mass is 437 g/mol. The Bertz CT molecular complexity index is 775. The molecular formula is C23H39N3O3S. The maximum Gasteiger partial charge on any atom is 0.232 e. The van der Waals surface area contributed by atoms with E-state index in [2.05, 4.69) is 17.1 Å². The van der Waals surface area contributed by atoms with Crippen LogP contribution in [0.4, 0.5) is 5.69 Å². The van der Waals surface area contributed by atoms with E-state index in [9.17, 15) is 13.2 Å². The number of benzene rings is 1. The zero-order valence-electron chi connectivity index (χ0n) is 19.1. The summed E-state index contributed by atoms with van der Waals surface area (Å²) in [4.78, 5) is 14.8. The Hall–Kier alpha value is -1.60. The fourth-order valence-corrected chi connectivity index (χ4v) is 5.33. The molecule has 1 amide bonds. The van der Waals surface area contributed by atoms with E-state index in [1.165, 1.54) is 42.8 Å². The van der Waals surface area contributed by atoms with Crippen LogP contribution in [-0.4, -0.2) is 57.7 Å². The smallest absolute Gasteiger partial charge is 0.232 e. The van der Waals surface area contributed by atoms with Gasteiger partial charge in [-0.25, -0.2) is 8.42 Å². The van der Waals surface area contributed by atoms with Gasteiger partial charge < -0.3 is 10.2 Å². The molecule has 0 unspecified atom stereocenters. The van der Waals surface area contributed by atoms with Gasteiger partial charge in [0.1, 0.15) is 0 Å². The van der Waals surface area contributed by atoms with Gasteiger partial charge in [-0.2, -0.15) is 0 Å². The molecule has 1 aromatic carbocycles. The number of anilines is 1. The van der Waals surface area contributed by atoms with Gasteiger partial charge in [-0.15, -0.1) is 0 Å². The Kier molecular flexibility index (Phi) is 9.62. The van der Waals surface area contributed by atoms with E-state index in [0.717, 1.165) is 24.1 Å². The summed E-state index contributed by atoms with van der Waals surface area (Å²) in [6.45, 7) is 9.36. The van der Waals surface area contributed by atoms with Crippen LogP contribution in [0.3, 0.4) is 0 Å². The zero-order valence-corrected chi connectivity index (χ0v) is 19.9. The molecule has 1 N–H and O–H groups in total. The molecule has 1 aliphatic rings. The van der Waals surface area contributed by atoms with Gasteiger partial charge in [0.25, 0.3) is 0 Å². The van der Waals surface area contributed by atoms with Gasteiger partial charge in [0.15, 0.2) is 0 Å². The van der Waals surface area contributed by atoms with Crippen LogP contribution in [0, 0.1) is 13.8 Å². The summed E-state index contributed by atoms with van der Waals surface area (Å²) in [6.07, 6.45) is 8.10. The number of amides is 1. The molecule has 1 saturated heterocycles. The number of aryl methyl sites for hydroxylation is 2. The normalized spacial score (nSPS) is 17.7. The molecule has 1 fully saturated rings. The van der Waals surface area contributed by atoms with Crippen molar-refractivity contribution in [3.63, 3.8) is 0 Å². The van der Waals surface area contributed by atoms with Crippen LogP contribution in [0.2, 0.25) is 0 Å². The summed E-state index contributed by atoms with van der Waals surface area (Å²) in [5, 5.41) is 2.99. The quantitative estimate of drug-likeness (QED) is 0.537. The second-order valence-corrected chi connectivity index (χ2v) is 10.5. The predicted molar refractivity (Wildman–Crippen MR) is 124 cm³/mol. The fraction of sp³-hybridized carbons (Fsp3) is 0.696. The second-order valence-electron chi connectivity index (χ2n) is 8.58. The van der Waals surface area contributed by atoms with Gasteiger partial charge in [0.05, 0.1) is 11.9 Å². The lowest BCUT2D eigenvalue weighted by Gasteiger charge is -2.35. The van der Waals surface area contributed by atoms with Gasteiger partial charge >= 0.3 is 0 Å². The summed E-state index contributed by atoms with van der Waals surface area (Å²) < 4.78 is 25.9. The van der Waals surface area contributed by atoms with Crippen LogP contribution in [0.1, 0.15) is 63.0 Å². The van der Waals surface area contributed by atoms with Crippen molar-refractivity contribution in [1.29, 1.82) is 0 Å². The number of sulfonamides is 1. The average Bonchev–Trinajstić information content (AvgIpc) is 2.67. The highest BCUT2D eigenvalue weighted by molar-refractivity contribution is 7.92. The lowest BCUT2D eigenvalue weighted by atomic mass is 10.00. The number of rotatable bonds is 11. The molecule has 2 rings (SSSR count). The summed E-state index contributed by atoms with van der Waals surface area (Å²) >= 11 is 0. The largest absolute Gasteiger partial charge is 0.356 e. The molecule has 0 aliphatic carbocycles. The first-order valence-corrected chi connectivity index (χ1v) is 13.1.